The lowest BCUT2D eigenvalue weighted by Crippen LogP contribution is -1.87. The van der Waals surface area contributed by atoms with Crippen LogP contribution < -0.4 is 5.73 Å². The molecule has 1 aromatic carbocycles. The summed E-state index contributed by atoms with van der Waals surface area (Å²) in [5.41, 5.74) is 7.79. The van der Waals surface area contributed by atoms with Crippen LogP contribution in [0.15, 0.2) is 29.3 Å². The Hall–Kier alpha value is -1.13. The van der Waals surface area contributed by atoms with Crippen molar-refractivity contribution in [3.05, 3.63) is 29.3 Å². The molecule has 15 heavy (non-hydrogen) atoms. The number of nitrogens with one attached hydrogen (secondary N) is 1. The first-order valence-electron chi connectivity index (χ1n) is 4.36. The van der Waals surface area contributed by atoms with Gasteiger partial charge in [0, 0.05) is 5.02 Å². The van der Waals surface area contributed by atoms with Gasteiger partial charge in [0.25, 0.3) is 0 Å². The van der Waals surface area contributed by atoms with Crippen LogP contribution in [0.4, 0.5) is 5.82 Å². The molecular weight excluding hydrogens is 230 g/mol. The average molecular weight is 240 g/mol. The van der Waals surface area contributed by atoms with E-state index in [4.69, 9.17) is 17.3 Å². The lowest BCUT2D eigenvalue weighted by atomic mass is 10.1. The number of anilines is 1. The fourth-order valence-electron chi connectivity index (χ4n) is 1.38. The second kappa shape index (κ2) is 4.16. The molecule has 0 aliphatic rings. The van der Waals surface area contributed by atoms with Gasteiger partial charge < -0.3 is 5.73 Å². The highest BCUT2D eigenvalue weighted by atomic mass is 35.5. The van der Waals surface area contributed by atoms with Crippen molar-refractivity contribution in [2.24, 2.45) is 0 Å². The molecule has 0 bridgehead atoms. The Morgan fingerprint density at radius 2 is 2.00 bits per heavy atom. The number of hydrogen-bond acceptors (Lipinski definition) is 3. The van der Waals surface area contributed by atoms with E-state index < -0.39 is 0 Å². The summed E-state index contributed by atoms with van der Waals surface area (Å²) in [5, 5.41) is 8.50. The first kappa shape index (κ1) is 10.4. The Labute approximate surface area is 97.0 Å². The van der Waals surface area contributed by atoms with Crippen molar-refractivity contribution in [2.75, 3.05) is 12.0 Å². The molecule has 0 spiro atoms. The van der Waals surface area contributed by atoms with E-state index in [0.717, 1.165) is 16.2 Å². The number of benzene rings is 1. The molecular formula is C10H10ClN3S. The van der Waals surface area contributed by atoms with Gasteiger partial charge in [-0.1, -0.05) is 23.7 Å². The number of aromatic nitrogens is 2. The summed E-state index contributed by atoms with van der Waals surface area (Å²) >= 11 is 7.39. The van der Waals surface area contributed by atoms with Crippen LogP contribution in [0.2, 0.25) is 5.02 Å². The van der Waals surface area contributed by atoms with Crippen LogP contribution in [0, 0.1) is 0 Å². The quantitative estimate of drug-likeness (QED) is 0.792. The minimum atomic E-state index is 0.585. The predicted octanol–water partition coefficient (Wildman–Crippen LogP) is 3.03. The molecule has 0 saturated heterocycles. The highest BCUT2D eigenvalue weighted by Gasteiger charge is 2.11. The summed E-state index contributed by atoms with van der Waals surface area (Å²) < 4.78 is 0. The second-order valence-electron chi connectivity index (χ2n) is 3.03. The second-order valence-corrected chi connectivity index (χ2v) is 4.26. The fraction of sp³-hybridized carbons (Fsp3) is 0.100. The Kier molecular flexibility index (Phi) is 2.88. The monoisotopic (exact) mass is 239 g/mol. The van der Waals surface area contributed by atoms with E-state index in [1.54, 1.807) is 11.8 Å². The number of aromatic amines is 1. The first-order chi connectivity index (χ1) is 7.22. The Bertz CT molecular complexity index is 464. The molecule has 5 heteroatoms. The SMILES string of the molecule is CSc1n[nH]c(N)c1-c1ccc(Cl)cc1. The topological polar surface area (TPSA) is 54.7 Å². The molecule has 2 rings (SSSR count). The van der Waals surface area contributed by atoms with Crippen molar-refractivity contribution < 1.29 is 0 Å². The van der Waals surface area contributed by atoms with Crippen LogP contribution in [0.1, 0.15) is 0 Å². The number of nitrogen functional groups attached to an aromatic ring is 1. The van der Waals surface area contributed by atoms with Crippen LogP contribution in [-0.4, -0.2) is 16.5 Å². The summed E-state index contributed by atoms with van der Waals surface area (Å²) in [5.74, 6) is 0.585. The molecule has 1 aromatic heterocycles. The molecule has 0 aliphatic carbocycles. The molecule has 0 saturated carbocycles. The molecule has 3 N–H and O–H groups in total. The molecule has 78 valence electrons. The highest BCUT2D eigenvalue weighted by molar-refractivity contribution is 7.98. The van der Waals surface area contributed by atoms with Crippen molar-refractivity contribution in [1.29, 1.82) is 0 Å². The molecule has 0 atom stereocenters. The Morgan fingerprint density at radius 3 is 2.60 bits per heavy atom. The van der Waals surface area contributed by atoms with Crippen molar-refractivity contribution in [3.63, 3.8) is 0 Å². The third-order valence-electron chi connectivity index (χ3n) is 2.09. The highest BCUT2D eigenvalue weighted by Crippen LogP contribution is 2.33. The minimum Gasteiger partial charge on any atom is -0.384 e. The molecule has 0 fully saturated rings. The normalized spacial score (nSPS) is 10.5. The van der Waals surface area contributed by atoms with Gasteiger partial charge in [0.2, 0.25) is 0 Å². The number of rotatable bonds is 2. The van der Waals surface area contributed by atoms with Gasteiger partial charge in [0.1, 0.15) is 10.8 Å². The molecule has 0 aliphatic heterocycles. The van der Waals surface area contributed by atoms with Crippen LogP contribution in [0.25, 0.3) is 11.1 Å². The van der Waals surface area contributed by atoms with Gasteiger partial charge in [0.15, 0.2) is 0 Å². The fourth-order valence-corrected chi connectivity index (χ4v) is 2.08. The smallest absolute Gasteiger partial charge is 0.128 e. The van der Waals surface area contributed by atoms with Crippen LogP contribution in [0.3, 0.4) is 0 Å². The van der Waals surface area contributed by atoms with Gasteiger partial charge in [0.05, 0.1) is 5.56 Å². The maximum absolute atomic E-state index is 5.83. The van der Waals surface area contributed by atoms with Gasteiger partial charge in [-0.15, -0.1) is 11.8 Å². The van der Waals surface area contributed by atoms with E-state index in [0.29, 0.717) is 10.8 Å². The largest absolute Gasteiger partial charge is 0.384 e. The zero-order valence-electron chi connectivity index (χ0n) is 8.12. The van der Waals surface area contributed by atoms with Gasteiger partial charge in [-0.3, -0.25) is 5.10 Å². The Morgan fingerprint density at radius 1 is 1.33 bits per heavy atom. The standard InChI is InChI=1S/C10H10ClN3S/c1-15-10-8(9(12)13-14-10)6-2-4-7(11)5-3-6/h2-5H,1H3,(H3,12,13,14). The van der Waals surface area contributed by atoms with Crippen molar-refractivity contribution >= 4 is 29.2 Å². The molecule has 3 nitrogen and oxygen atoms in total. The van der Waals surface area contributed by atoms with Gasteiger partial charge in [-0.2, -0.15) is 5.10 Å². The van der Waals surface area contributed by atoms with E-state index in [9.17, 15) is 0 Å². The lowest BCUT2D eigenvalue weighted by molar-refractivity contribution is 1.01. The average Bonchev–Trinajstić information content (AvgIpc) is 2.61. The van der Waals surface area contributed by atoms with E-state index in [1.807, 2.05) is 30.5 Å². The summed E-state index contributed by atoms with van der Waals surface area (Å²) in [6, 6.07) is 7.55. The van der Waals surface area contributed by atoms with Gasteiger partial charge in [-0.05, 0) is 24.0 Å². The van der Waals surface area contributed by atoms with Crippen LogP contribution in [-0.2, 0) is 0 Å². The van der Waals surface area contributed by atoms with Gasteiger partial charge >= 0.3 is 0 Å². The molecule has 0 amide bonds. The molecule has 1 heterocycles. The summed E-state index contributed by atoms with van der Waals surface area (Å²) in [4.78, 5) is 0. The van der Waals surface area contributed by atoms with E-state index in [1.165, 1.54) is 0 Å². The third-order valence-corrected chi connectivity index (χ3v) is 3.02. The summed E-state index contributed by atoms with van der Waals surface area (Å²) in [6.45, 7) is 0. The molecule has 2 aromatic rings. The Balaban J connectivity index is 2.52. The van der Waals surface area contributed by atoms with Crippen molar-refractivity contribution in [1.82, 2.24) is 10.2 Å². The zero-order chi connectivity index (χ0) is 10.8. The van der Waals surface area contributed by atoms with Crippen LogP contribution >= 0.6 is 23.4 Å². The number of hydrogen-bond donors (Lipinski definition) is 2. The van der Waals surface area contributed by atoms with E-state index in [-0.39, 0.29) is 0 Å². The third kappa shape index (κ3) is 1.96. The van der Waals surface area contributed by atoms with Crippen molar-refractivity contribution in [3.8, 4) is 11.1 Å². The van der Waals surface area contributed by atoms with E-state index in [2.05, 4.69) is 10.2 Å². The number of nitrogens with zero attached hydrogens (tertiary/aromatic N) is 1. The number of H-pyrrole nitrogens is 1. The lowest BCUT2D eigenvalue weighted by Gasteiger charge is -2.01. The maximum Gasteiger partial charge on any atom is 0.128 e. The zero-order valence-corrected chi connectivity index (χ0v) is 9.69. The number of halogens is 1. The summed E-state index contributed by atoms with van der Waals surface area (Å²) in [7, 11) is 0. The van der Waals surface area contributed by atoms with Crippen LogP contribution in [0.5, 0.6) is 0 Å². The molecule has 0 unspecified atom stereocenters. The first-order valence-corrected chi connectivity index (χ1v) is 5.96. The summed E-state index contributed by atoms with van der Waals surface area (Å²) in [6.07, 6.45) is 1.97. The predicted molar refractivity (Wildman–Crippen MR) is 65.2 cm³/mol. The molecule has 0 radical (unpaired) electrons. The minimum absolute atomic E-state index is 0.585. The van der Waals surface area contributed by atoms with Gasteiger partial charge in [-0.25, -0.2) is 0 Å². The number of thioether (sulfide) groups is 1. The van der Waals surface area contributed by atoms with E-state index >= 15 is 0 Å². The van der Waals surface area contributed by atoms with Crippen molar-refractivity contribution in [2.45, 2.75) is 5.03 Å². The maximum atomic E-state index is 5.83. The number of nitrogens with two attached hydrogens (primary N) is 1.